The number of hydrogen-bond acceptors (Lipinski definition) is 4. The quantitative estimate of drug-likeness (QED) is 0.524. The molecule has 0 saturated heterocycles. The van der Waals surface area contributed by atoms with Gasteiger partial charge in [-0.25, -0.2) is 0 Å². The molecule has 2 aromatic heterocycles. The number of carbonyl (C=O) groups is 1. The Morgan fingerprint density at radius 2 is 1.83 bits per heavy atom. The number of H-pyrrole nitrogens is 1. The average Bonchev–Trinajstić information content (AvgIpc) is 3.06. The van der Waals surface area contributed by atoms with Crippen molar-refractivity contribution in [2.45, 2.75) is 0 Å². The molecule has 5 nitrogen and oxygen atoms in total. The number of thiophene rings is 1. The topological polar surface area (TPSA) is 96.2 Å². The van der Waals surface area contributed by atoms with Crippen LogP contribution in [0, 0.1) is 0 Å². The fourth-order valence-corrected chi connectivity index (χ4v) is 3.73. The molecule has 0 aliphatic carbocycles. The van der Waals surface area contributed by atoms with Gasteiger partial charge in [0.15, 0.2) is 0 Å². The number of nitrogens with two attached hydrogens (primary N) is 1. The van der Waals surface area contributed by atoms with E-state index >= 15 is 0 Å². The van der Waals surface area contributed by atoms with Crippen molar-refractivity contribution in [1.29, 1.82) is 0 Å². The maximum atomic E-state index is 12.1. The first-order chi connectivity index (χ1) is 11.6. The number of fused-ring (bicyclic) bond motifs is 3. The van der Waals surface area contributed by atoms with Crippen LogP contribution in [0.1, 0.15) is 10.4 Å². The van der Waals surface area contributed by atoms with Gasteiger partial charge in [0.05, 0.1) is 0 Å². The SMILES string of the molecule is NC(=O)c1ccc(-c2c(O)ccc3[nH]c(=O)c4sccc4c23)cc1. The molecule has 118 valence electrons. The molecule has 0 radical (unpaired) electrons. The monoisotopic (exact) mass is 336 g/mol. The molecular formula is C18H12N2O3S. The van der Waals surface area contributed by atoms with E-state index in [4.69, 9.17) is 5.73 Å². The van der Waals surface area contributed by atoms with Gasteiger partial charge >= 0.3 is 0 Å². The first kappa shape index (κ1) is 14.5. The van der Waals surface area contributed by atoms with Crippen molar-refractivity contribution in [3.8, 4) is 16.9 Å². The second-order valence-electron chi connectivity index (χ2n) is 5.44. The van der Waals surface area contributed by atoms with Crippen LogP contribution in [-0.4, -0.2) is 16.0 Å². The average molecular weight is 336 g/mol. The minimum atomic E-state index is -0.506. The lowest BCUT2D eigenvalue weighted by molar-refractivity contribution is 0.100. The summed E-state index contributed by atoms with van der Waals surface area (Å²) in [5, 5.41) is 13.8. The summed E-state index contributed by atoms with van der Waals surface area (Å²) in [4.78, 5) is 26.2. The summed E-state index contributed by atoms with van der Waals surface area (Å²) in [5.41, 5.74) is 7.53. The summed E-state index contributed by atoms with van der Waals surface area (Å²) in [6.07, 6.45) is 0. The number of benzene rings is 2. The summed E-state index contributed by atoms with van der Waals surface area (Å²) in [5.74, 6) is -0.401. The van der Waals surface area contributed by atoms with E-state index in [1.54, 1.807) is 36.4 Å². The summed E-state index contributed by atoms with van der Waals surface area (Å²) >= 11 is 1.36. The molecule has 1 amide bonds. The number of rotatable bonds is 2. The number of pyridine rings is 1. The van der Waals surface area contributed by atoms with E-state index in [1.807, 2.05) is 11.4 Å². The number of phenolic OH excluding ortho intramolecular Hbond substituents is 1. The Kier molecular flexibility index (Phi) is 3.14. The molecule has 6 heteroatoms. The molecule has 0 aliphatic heterocycles. The van der Waals surface area contributed by atoms with Crippen LogP contribution < -0.4 is 11.3 Å². The van der Waals surface area contributed by atoms with Crippen molar-refractivity contribution in [1.82, 2.24) is 4.98 Å². The van der Waals surface area contributed by atoms with Gasteiger partial charge in [0.25, 0.3) is 5.56 Å². The van der Waals surface area contributed by atoms with Gasteiger partial charge in [0.1, 0.15) is 10.4 Å². The van der Waals surface area contributed by atoms with Crippen molar-refractivity contribution in [3.63, 3.8) is 0 Å². The maximum Gasteiger partial charge on any atom is 0.266 e. The van der Waals surface area contributed by atoms with E-state index < -0.39 is 5.91 Å². The number of primary amides is 1. The van der Waals surface area contributed by atoms with Crippen LogP contribution in [0.4, 0.5) is 0 Å². The molecule has 0 bridgehead atoms. The third kappa shape index (κ3) is 2.08. The van der Waals surface area contributed by atoms with Gasteiger partial charge in [-0.05, 0) is 41.3 Å². The second kappa shape index (κ2) is 5.21. The van der Waals surface area contributed by atoms with Crippen LogP contribution >= 0.6 is 11.3 Å². The standard InChI is InChI=1S/C18H12N2O3S/c19-17(22)10-3-1-9(2-4-10)14-13(21)6-5-12-15(14)11-7-8-24-16(11)18(23)20-12/h1-8,21H,(H2,19,22)(H,20,23). The number of amides is 1. The minimum absolute atomic E-state index is 0.105. The van der Waals surface area contributed by atoms with E-state index in [0.29, 0.717) is 21.3 Å². The van der Waals surface area contributed by atoms with Crippen LogP contribution in [0.3, 0.4) is 0 Å². The van der Waals surface area contributed by atoms with E-state index in [2.05, 4.69) is 4.98 Å². The van der Waals surface area contributed by atoms with Gasteiger partial charge < -0.3 is 15.8 Å². The number of hydrogen-bond donors (Lipinski definition) is 3. The smallest absolute Gasteiger partial charge is 0.266 e. The largest absolute Gasteiger partial charge is 0.507 e. The third-order valence-electron chi connectivity index (χ3n) is 4.03. The Labute approximate surface area is 140 Å². The van der Waals surface area contributed by atoms with Crippen LogP contribution in [0.25, 0.3) is 32.1 Å². The molecule has 4 aromatic rings. The van der Waals surface area contributed by atoms with Crippen LogP contribution in [-0.2, 0) is 0 Å². The number of phenols is 1. The molecule has 0 spiro atoms. The lowest BCUT2D eigenvalue weighted by Crippen LogP contribution is -2.10. The molecule has 0 atom stereocenters. The van der Waals surface area contributed by atoms with Crippen molar-refractivity contribution in [3.05, 3.63) is 63.8 Å². The normalized spacial score (nSPS) is 11.2. The highest BCUT2D eigenvalue weighted by molar-refractivity contribution is 7.17. The number of aromatic hydroxyl groups is 1. The molecule has 4 N–H and O–H groups in total. The second-order valence-corrected chi connectivity index (χ2v) is 6.36. The Bertz CT molecular complexity index is 1160. The first-order valence-electron chi connectivity index (χ1n) is 7.21. The lowest BCUT2D eigenvalue weighted by Gasteiger charge is -2.11. The Balaban J connectivity index is 2.11. The molecule has 2 heterocycles. The zero-order valence-corrected chi connectivity index (χ0v) is 13.2. The van der Waals surface area contributed by atoms with Crippen molar-refractivity contribution in [2.75, 3.05) is 0 Å². The van der Waals surface area contributed by atoms with Gasteiger partial charge in [-0.15, -0.1) is 11.3 Å². The number of nitrogens with one attached hydrogen (secondary N) is 1. The van der Waals surface area contributed by atoms with Gasteiger partial charge in [-0.1, -0.05) is 12.1 Å². The fourth-order valence-electron chi connectivity index (χ4n) is 2.93. The predicted molar refractivity (Wildman–Crippen MR) is 95.6 cm³/mol. The van der Waals surface area contributed by atoms with Gasteiger partial charge in [0, 0.05) is 27.4 Å². The lowest BCUT2D eigenvalue weighted by atomic mass is 9.96. The van der Waals surface area contributed by atoms with Crippen LogP contribution in [0.5, 0.6) is 5.75 Å². The zero-order valence-electron chi connectivity index (χ0n) is 12.4. The first-order valence-corrected chi connectivity index (χ1v) is 8.09. The highest BCUT2D eigenvalue weighted by Gasteiger charge is 2.15. The highest BCUT2D eigenvalue weighted by atomic mass is 32.1. The van der Waals surface area contributed by atoms with E-state index in [1.165, 1.54) is 11.3 Å². The molecular weight excluding hydrogens is 324 g/mol. The molecule has 24 heavy (non-hydrogen) atoms. The Morgan fingerprint density at radius 1 is 1.08 bits per heavy atom. The summed E-state index contributed by atoms with van der Waals surface area (Å²) < 4.78 is 0.614. The molecule has 0 aliphatic rings. The Hall–Kier alpha value is -3.12. The molecule has 4 rings (SSSR count). The highest BCUT2D eigenvalue weighted by Crippen LogP contribution is 2.39. The number of carbonyl (C=O) groups excluding carboxylic acids is 1. The van der Waals surface area contributed by atoms with Gasteiger partial charge in [-0.2, -0.15) is 0 Å². The summed E-state index contributed by atoms with van der Waals surface area (Å²) in [6.45, 7) is 0. The summed E-state index contributed by atoms with van der Waals surface area (Å²) in [6, 6.07) is 11.8. The number of aromatic nitrogens is 1. The third-order valence-corrected chi connectivity index (χ3v) is 4.94. The van der Waals surface area contributed by atoms with Gasteiger partial charge in [0.2, 0.25) is 5.91 Å². The fraction of sp³-hybridized carbons (Fsp3) is 0. The summed E-state index contributed by atoms with van der Waals surface area (Å²) in [7, 11) is 0. The maximum absolute atomic E-state index is 12.1. The predicted octanol–water partition coefficient (Wildman–Crippen LogP) is 3.21. The number of aromatic amines is 1. The zero-order chi connectivity index (χ0) is 16.8. The van der Waals surface area contributed by atoms with Gasteiger partial charge in [-0.3, -0.25) is 9.59 Å². The van der Waals surface area contributed by atoms with Crippen LogP contribution in [0.15, 0.2) is 52.6 Å². The molecule has 2 aromatic carbocycles. The Morgan fingerprint density at radius 3 is 2.54 bits per heavy atom. The van der Waals surface area contributed by atoms with E-state index in [-0.39, 0.29) is 11.3 Å². The van der Waals surface area contributed by atoms with Crippen molar-refractivity contribution < 1.29 is 9.90 Å². The van der Waals surface area contributed by atoms with Crippen LogP contribution in [0.2, 0.25) is 0 Å². The van der Waals surface area contributed by atoms with Crippen molar-refractivity contribution in [2.24, 2.45) is 5.73 Å². The molecule has 0 unspecified atom stereocenters. The minimum Gasteiger partial charge on any atom is -0.507 e. The van der Waals surface area contributed by atoms with E-state index in [0.717, 1.165) is 16.3 Å². The molecule has 0 saturated carbocycles. The van der Waals surface area contributed by atoms with Crippen molar-refractivity contribution >= 4 is 38.2 Å². The van der Waals surface area contributed by atoms with E-state index in [9.17, 15) is 14.7 Å². The molecule has 0 fully saturated rings.